The fourth-order valence-electron chi connectivity index (χ4n) is 5.73. The normalized spacial score (nSPS) is 17.4. The molecular formula is C32H40F2N4O5S2. The Balaban J connectivity index is 0.000000231. The topological polar surface area (TPSA) is 118 Å². The molecule has 9 nitrogen and oxygen atoms in total. The Bertz CT molecular complexity index is 1590. The zero-order valence-corrected chi connectivity index (χ0v) is 27.0. The summed E-state index contributed by atoms with van der Waals surface area (Å²) < 4.78 is 76.5. The molecule has 0 unspecified atom stereocenters. The maximum absolute atomic E-state index is 13.1. The van der Waals surface area contributed by atoms with Crippen molar-refractivity contribution in [2.75, 3.05) is 38.2 Å². The number of sulfonamides is 2. The van der Waals surface area contributed by atoms with Crippen LogP contribution >= 0.6 is 0 Å². The predicted octanol–water partition coefficient (Wildman–Crippen LogP) is 4.68. The quantitative estimate of drug-likeness (QED) is 0.310. The van der Waals surface area contributed by atoms with Gasteiger partial charge in [0.05, 0.1) is 6.26 Å². The molecule has 1 aromatic heterocycles. The summed E-state index contributed by atoms with van der Waals surface area (Å²) in [5.41, 5.74) is 2.12. The molecule has 45 heavy (non-hydrogen) atoms. The first-order chi connectivity index (χ1) is 21.4. The summed E-state index contributed by atoms with van der Waals surface area (Å²) >= 11 is 0. The maximum Gasteiger partial charge on any atom is 0.221 e. The molecule has 0 atom stereocenters. The van der Waals surface area contributed by atoms with Gasteiger partial charge in [0.25, 0.3) is 0 Å². The Morgan fingerprint density at radius 2 is 1.20 bits per heavy atom. The van der Waals surface area contributed by atoms with Crippen LogP contribution in [0.4, 0.5) is 8.78 Å². The summed E-state index contributed by atoms with van der Waals surface area (Å²) in [6.07, 6.45) is 8.76. The van der Waals surface area contributed by atoms with Crippen LogP contribution in [0.3, 0.4) is 0 Å². The van der Waals surface area contributed by atoms with Gasteiger partial charge in [-0.15, -0.1) is 0 Å². The molecule has 0 spiro atoms. The number of carbonyl (C=O) groups is 1. The van der Waals surface area contributed by atoms with E-state index in [0.29, 0.717) is 63.6 Å². The number of halogens is 2. The number of ketones is 1. The van der Waals surface area contributed by atoms with Crippen molar-refractivity contribution >= 4 is 25.8 Å². The van der Waals surface area contributed by atoms with Gasteiger partial charge in [-0.05, 0) is 85.4 Å². The molecule has 0 aliphatic carbocycles. The zero-order chi connectivity index (χ0) is 32.5. The van der Waals surface area contributed by atoms with Gasteiger partial charge in [0.1, 0.15) is 29.0 Å². The van der Waals surface area contributed by atoms with Crippen LogP contribution in [0.15, 0.2) is 67.0 Å². The van der Waals surface area contributed by atoms with Gasteiger partial charge in [-0.1, -0.05) is 24.3 Å². The molecule has 2 fully saturated rings. The number of aryl methyl sites for hydroxylation is 1. The third kappa shape index (κ3) is 10.7. The second-order valence-corrected chi connectivity index (χ2v) is 15.5. The molecule has 0 N–H and O–H groups in total. The van der Waals surface area contributed by atoms with E-state index < -0.39 is 25.8 Å². The van der Waals surface area contributed by atoms with Crippen molar-refractivity contribution in [3.63, 3.8) is 0 Å². The summed E-state index contributed by atoms with van der Waals surface area (Å²) in [6, 6.07) is 14.6. The standard InChI is InChI=1S/C20H24FN3O3S.C12H16FNO2S/c21-18-7-5-16(6-8-18)17-9-13-24(14-10-17)28(26,27)15-19(25)3-1-4-20-22-11-2-12-23-20;1-17(15,16)14-8-6-11(7-9-14)10-2-4-12(13)5-3-10/h2,5-8,11-12,17H,1,3-4,9-10,13-15H2;2-5,11H,6-9H2,1H3. The van der Waals surface area contributed by atoms with Crippen molar-refractivity contribution < 1.29 is 30.4 Å². The number of nitrogens with zero attached hydrogens (tertiary/aromatic N) is 4. The lowest BCUT2D eigenvalue weighted by atomic mass is 9.90. The molecule has 2 saturated heterocycles. The lowest BCUT2D eigenvalue weighted by molar-refractivity contribution is -0.116. The summed E-state index contributed by atoms with van der Waals surface area (Å²) in [5, 5.41) is 0. The SMILES string of the molecule is CS(=O)(=O)N1CCC(c2ccc(F)cc2)CC1.O=C(CCCc1ncccn1)CS(=O)(=O)N1CCC(c2ccc(F)cc2)CC1. The minimum atomic E-state index is -3.60. The Hall–Kier alpha value is -3.13. The molecule has 2 aliphatic heterocycles. The van der Waals surface area contributed by atoms with E-state index in [1.807, 2.05) is 0 Å². The molecule has 5 rings (SSSR count). The summed E-state index contributed by atoms with van der Waals surface area (Å²) in [5.74, 6) is -0.0348. The highest BCUT2D eigenvalue weighted by atomic mass is 32.2. The molecule has 244 valence electrons. The van der Waals surface area contributed by atoms with Crippen molar-refractivity contribution in [2.24, 2.45) is 0 Å². The van der Waals surface area contributed by atoms with Gasteiger partial charge in [-0.25, -0.2) is 44.2 Å². The molecule has 0 bridgehead atoms. The van der Waals surface area contributed by atoms with Crippen LogP contribution in [-0.2, 0) is 31.3 Å². The van der Waals surface area contributed by atoms with Crippen molar-refractivity contribution in [1.29, 1.82) is 0 Å². The molecule has 0 radical (unpaired) electrons. The smallest absolute Gasteiger partial charge is 0.221 e. The van der Waals surface area contributed by atoms with E-state index in [0.717, 1.165) is 24.0 Å². The van der Waals surface area contributed by atoms with Gasteiger partial charge in [0.2, 0.25) is 20.0 Å². The van der Waals surface area contributed by atoms with Gasteiger partial charge in [0.15, 0.2) is 0 Å². The monoisotopic (exact) mass is 662 g/mol. The fourth-order valence-corrected chi connectivity index (χ4v) is 8.10. The Morgan fingerprint density at radius 1 is 0.756 bits per heavy atom. The fraction of sp³-hybridized carbons (Fsp3) is 0.469. The highest BCUT2D eigenvalue weighted by Crippen LogP contribution is 2.30. The van der Waals surface area contributed by atoms with Crippen LogP contribution < -0.4 is 0 Å². The molecule has 3 heterocycles. The van der Waals surface area contributed by atoms with Crippen LogP contribution in [0.1, 0.15) is 67.3 Å². The lowest BCUT2D eigenvalue weighted by Gasteiger charge is -2.31. The largest absolute Gasteiger partial charge is 0.299 e. The number of rotatable bonds is 10. The number of benzene rings is 2. The lowest BCUT2D eigenvalue weighted by Crippen LogP contribution is -2.40. The summed E-state index contributed by atoms with van der Waals surface area (Å²) in [7, 11) is -6.66. The van der Waals surface area contributed by atoms with Crippen LogP contribution in [-0.4, -0.2) is 79.4 Å². The van der Waals surface area contributed by atoms with Gasteiger partial charge < -0.3 is 0 Å². The van der Waals surface area contributed by atoms with E-state index in [-0.39, 0.29) is 29.8 Å². The van der Waals surface area contributed by atoms with E-state index >= 15 is 0 Å². The van der Waals surface area contributed by atoms with Crippen LogP contribution in [0, 0.1) is 11.6 Å². The van der Waals surface area contributed by atoms with Crippen molar-refractivity contribution in [2.45, 2.75) is 56.8 Å². The predicted molar refractivity (Wildman–Crippen MR) is 169 cm³/mol. The minimum Gasteiger partial charge on any atom is -0.299 e. The second kappa shape index (κ2) is 15.9. The van der Waals surface area contributed by atoms with E-state index in [9.17, 15) is 30.4 Å². The van der Waals surface area contributed by atoms with Crippen LogP contribution in [0.5, 0.6) is 0 Å². The Labute approximate surface area is 264 Å². The highest BCUT2D eigenvalue weighted by molar-refractivity contribution is 7.89. The van der Waals surface area contributed by atoms with E-state index in [2.05, 4.69) is 9.97 Å². The van der Waals surface area contributed by atoms with Gasteiger partial charge in [0, 0.05) is 51.4 Å². The first-order valence-electron chi connectivity index (χ1n) is 15.1. The molecule has 2 aromatic carbocycles. The Kier molecular flexibility index (Phi) is 12.3. The number of hydrogen-bond acceptors (Lipinski definition) is 7. The van der Waals surface area contributed by atoms with Gasteiger partial charge >= 0.3 is 0 Å². The maximum atomic E-state index is 13.1. The third-order valence-corrected chi connectivity index (χ3v) is 11.4. The van der Waals surface area contributed by atoms with Gasteiger partial charge in [-0.2, -0.15) is 0 Å². The number of hydrogen-bond donors (Lipinski definition) is 0. The number of aromatic nitrogens is 2. The molecule has 3 aromatic rings. The van der Waals surface area contributed by atoms with Crippen molar-refractivity contribution in [3.8, 4) is 0 Å². The highest BCUT2D eigenvalue weighted by Gasteiger charge is 2.30. The van der Waals surface area contributed by atoms with E-state index in [1.54, 1.807) is 42.7 Å². The molecule has 2 aliphatic rings. The second-order valence-electron chi connectivity index (χ2n) is 11.5. The van der Waals surface area contributed by atoms with E-state index in [4.69, 9.17) is 0 Å². The third-order valence-electron chi connectivity index (χ3n) is 8.27. The van der Waals surface area contributed by atoms with Crippen molar-refractivity contribution in [1.82, 2.24) is 18.6 Å². The first kappa shape index (κ1) is 34.7. The molecule has 0 saturated carbocycles. The molecular weight excluding hydrogens is 623 g/mol. The number of Topliss-reactive ketones (excluding diaryl/α,β-unsaturated/α-hetero) is 1. The van der Waals surface area contributed by atoms with Crippen molar-refractivity contribution in [3.05, 3.63) is 95.6 Å². The van der Waals surface area contributed by atoms with Gasteiger partial charge in [-0.3, -0.25) is 4.79 Å². The summed E-state index contributed by atoms with van der Waals surface area (Å²) in [4.78, 5) is 20.3. The summed E-state index contributed by atoms with van der Waals surface area (Å²) in [6.45, 7) is 1.88. The average molecular weight is 663 g/mol. The van der Waals surface area contributed by atoms with Crippen LogP contribution in [0.25, 0.3) is 0 Å². The zero-order valence-electron chi connectivity index (χ0n) is 25.4. The van der Waals surface area contributed by atoms with Crippen LogP contribution in [0.2, 0.25) is 0 Å². The Morgan fingerprint density at radius 3 is 1.64 bits per heavy atom. The minimum absolute atomic E-state index is 0.198. The molecule has 13 heteroatoms. The average Bonchev–Trinajstić information content (AvgIpc) is 3.02. The number of piperidine rings is 2. The van der Waals surface area contributed by atoms with E-state index in [1.165, 1.54) is 39.1 Å². The molecule has 0 amide bonds. The first-order valence-corrected chi connectivity index (χ1v) is 18.6. The number of carbonyl (C=O) groups excluding carboxylic acids is 1.